The predicted molar refractivity (Wildman–Crippen MR) is 95.7 cm³/mol. The van der Waals surface area contributed by atoms with E-state index in [4.69, 9.17) is 20.9 Å². The minimum Gasteiger partial charge on any atom is -0.481 e. The van der Waals surface area contributed by atoms with Crippen molar-refractivity contribution in [3.63, 3.8) is 0 Å². The molecule has 0 saturated carbocycles. The number of benzene rings is 1. The van der Waals surface area contributed by atoms with Gasteiger partial charge in [-0.15, -0.1) is 11.3 Å². The molecule has 0 saturated heterocycles. The topological polar surface area (TPSA) is 77.2 Å². The minimum absolute atomic E-state index is 0.143. The maximum atomic E-state index is 12.2. The van der Waals surface area contributed by atoms with Crippen LogP contribution < -0.4 is 10.1 Å². The van der Waals surface area contributed by atoms with Crippen molar-refractivity contribution < 1.29 is 14.1 Å². The SMILES string of the molecule is Cc1cc(OC(C)C(=O)NCc2nc(-c3cccs3)no2)ccc1Cl. The van der Waals surface area contributed by atoms with Crippen LogP contribution >= 0.6 is 22.9 Å². The number of carbonyl (C=O) groups is 1. The second-order valence-electron chi connectivity index (χ2n) is 5.38. The van der Waals surface area contributed by atoms with E-state index in [0.717, 1.165) is 10.4 Å². The van der Waals surface area contributed by atoms with Gasteiger partial charge in [0, 0.05) is 5.02 Å². The van der Waals surface area contributed by atoms with Crippen molar-refractivity contribution in [2.24, 2.45) is 0 Å². The van der Waals surface area contributed by atoms with Gasteiger partial charge in [-0.2, -0.15) is 4.98 Å². The lowest BCUT2D eigenvalue weighted by Crippen LogP contribution is -2.36. The lowest BCUT2D eigenvalue weighted by atomic mass is 10.2. The molecule has 1 atom stereocenters. The summed E-state index contributed by atoms with van der Waals surface area (Å²) in [6, 6.07) is 9.07. The summed E-state index contributed by atoms with van der Waals surface area (Å²) in [5, 5.41) is 9.21. The predicted octanol–water partition coefficient (Wildman–Crippen LogP) is 3.84. The molecule has 3 aromatic rings. The highest BCUT2D eigenvalue weighted by Crippen LogP contribution is 2.22. The van der Waals surface area contributed by atoms with Crippen molar-refractivity contribution >= 4 is 28.8 Å². The number of aryl methyl sites for hydroxylation is 1. The standard InChI is InChI=1S/C17H16ClN3O3S/c1-10-8-12(5-6-13(10)18)23-11(2)17(22)19-9-15-20-16(21-24-15)14-4-3-7-25-14/h3-8,11H,9H2,1-2H3,(H,19,22). The fourth-order valence-corrected chi connectivity index (χ4v) is 2.85. The van der Waals surface area contributed by atoms with E-state index < -0.39 is 6.10 Å². The van der Waals surface area contributed by atoms with Gasteiger partial charge in [0.1, 0.15) is 5.75 Å². The Labute approximate surface area is 153 Å². The average molecular weight is 378 g/mol. The highest BCUT2D eigenvalue weighted by molar-refractivity contribution is 7.13. The van der Waals surface area contributed by atoms with E-state index in [2.05, 4.69) is 15.5 Å². The van der Waals surface area contributed by atoms with Crippen molar-refractivity contribution in [3.8, 4) is 16.5 Å². The molecule has 0 spiro atoms. The highest BCUT2D eigenvalue weighted by atomic mass is 35.5. The molecule has 1 N–H and O–H groups in total. The van der Waals surface area contributed by atoms with Crippen LogP contribution in [0.1, 0.15) is 18.4 Å². The normalized spacial score (nSPS) is 12.0. The van der Waals surface area contributed by atoms with Gasteiger partial charge in [-0.3, -0.25) is 4.79 Å². The number of amides is 1. The van der Waals surface area contributed by atoms with Gasteiger partial charge in [-0.1, -0.05) is 22.8 Å². The zero-order chi connectivity index (χ0) is 17.8. The molecule has 1 unspecified atom stereocenters. The Morgan fingerprint density at radius 2 is 2.28 bits per heavy atom. The first kappa shape index (κ1) is 17.4. The summed E-state index contributed by atoms with van der Waals surface area (Å²) in [5.74, 6) is 1.16. The van der Waals surface area contributed by atoms with E-state index in [1.54, 1.807) is 25.1 Å². The highest BCUT2D eigenvalue weighted by Gasteiger charge is 2.16. The first-order valence-corrected chi connectivity index (χ1v) is 8.85. The number of nitrogens with one attached hydrogen (secondary N) is 1. The Bertz CT molecular complexity index is 864. The molecule has 2 aromatic heterocycles. The molecule has 8 heteroatoms. The van der Waals surface area contributed by atoms with Crippen LogP contribution in [0.3, 0.4) is 0 Å². The molecule has 0 aliphatic rings. The molecule has 1 amide bonds. The second kappa shape index (κ2) is 7.67. The molecule has 1 aromatic carbocycles. The van der Waals surface area contributed by atoms with E-state index in [9.17, 15) is 4.79 Å². The first-order valence-electron chi connectivity index (χ1n) is 7.60. The quantitative estimate of drug-likeness (QED) is 0.706. The maximum absolute atomic E-state index is 12.2. The Hall–Kier alpha value is -2.38. The Morgan fingerprint density at radius 1 is 1.44 bits per heavy atom. The number of halogens is 1. The van der Waals surface area contributed by atoms with Gasteiger partial charge in [-0.25, -0.2) is 0 Å². The molecule has 25 heavy (non-hydrogen) atoms. The van der Waals surface area contributed by atoms with Crippen molar-refractivity contribution in [2.45, 2.75) is 26.5 Å². The van der Waals surface area contributed by atoms with E-state index in [1.807, 2.05) is 24.4 Å². The van der Waals surface area contributed by atoms with Crippen molar-refractivity contribution in [1.82, 2.24) is 15.5 Å². The van der Waals surface area contributed by atoms with E-state index in [1.165, 1.54) is 11.3 Å². The molecule has 0 aliphatic carbocycles. The molecule has 2 heterocycles. The third-order valence-corrected chi connectivity index (χ3v) is 4.72. The average Bonchev–Trinajstić information content (AvgIpc) is 3.26. The monoisotopic (exact) mass is 377 g/mol. The molecule has 6 nitrogen and oxygen atoms in total. The van der Waals surface area contributed by atoms with Gasteiger partial charge >= 0.3 is 0 Å². The molecule has 0 fully saturated rings. The Kier molecular flexibility index (Phi) is 5.35. The summed E-state index contributed by atoms with van der Waals surface area (Å²) in [6.45, 7) is 3.69. The fourth-order valence-electron chi connectivity index (χ4n) is 2.09. The Morgan fingerprint density at radius 3 is 3.00 bits per heavy atom. The number of ether oxygens (including phenoxy) is 1. The van der Waals surface area contributed by atoms with Crippen LogP contribution in [0.15, 0.2) is 40.2 Å². The summed E-state index contributed by atoms with van der Waals surface area (Å²) < 4.78 is 10.8. The van der Waals surface area contributed by atoms with Crippen LogP contribution in [0.4, 0.5) is 0 Å². The molecule has 3 rings (SSSR count). The minimum atomic E-state index is -0.666. The summed E-state index contributed by atoms with van der Waals surface area (Å²) in [4.78, 5) is 17.3. The van der Waals surface area contributed by atoms with Gasteiger partial charge < -0.3 is 14.6 Å². The number of aromatic nitrogens is 2. The summed E-state index contributed by atoms with van der Waals surface area (Å²) in [6.07, 6.45) is -0.666. The van der Waals surface area contributed by atoms with Crippen molar-refractivity contribution in [3.05, 3.63) is 52.2 Å². The second-order valence-corrected chi connectivity index (χ2v) is 6.73. The molecular formula is C17H16ClN3O3S. The lowest BCUT2D eigenvalue weighted by Gasteiger charge is -2.14. The maximum Gasteiger partial charge on any atom is 0.261 e. The van der Waals surface area contributed by atoms with Crippen LogP contribution in [0.2, 0.25) is 5.02 Å². The number of hydrogen-bond donors (Lipinski definition) is 1. The molecule has 0 radical (unpaired) electrons. The number of rotatable bonds is 6. The van der Waals surface area contributed by atoms with Crippen LogP contribution in [-0.2, 0) is 11.3 Å². The van der Waals surface area contributed by atoms with Gasteiger partial charge in [0.15, 0.2) is 6.10 Å². The van der Waals surface area contributed by atoms with Gasteiger partial charge in [-0.05, 0) is 49.1 Å². The Balaban J connectivity index is 1.54. The molecule has 130 valence electrons. The number of nitrogens with zero attached hydrogens (tertiary/aromatic N) is 2. The molecular weight excluding hydrogens is 362 g/mol. The van der Waals surface area contributed by atoms with Crippen molar-refractivity contribution in [1.29, 1.82) is 0 Å². The first-order chi connectivity index (χ1) is 12.0. The zero-order valence-corrected chi connectivity index (χ0v) is 15.2. The largest absolute Gasteiger partial charge is 0.481 e. The van der Waals surface area contributed by atoms with Crippen LogP contribution in [-0.4, -0.2) is 22.2 Å². The van der Waals surface area contributed by atoms with Crippen LogP contribution in [0, 0.1) is 6.92 Å². The lowest BCUT2D eigenvalue weighted by molar-refractivity contribution is -0.127. The van der Waals surface area contributed by atoms with Crippen LogP contribution in [0.5, 0.6) is 5.75 Å². The molecule has 0 aliphatic heterocycles. The van der Waals surface area contributed by atoms with Crippen LogP contribution in [0.25, 0.3) is 10.7 Å². The van der Waals surface area contributed by atoms with E-state index >= 15 is 0 Å². The summed E-state index contributed by atoms with van der Waals surface area (Å²) in [7, 11) is 0. The zero-order valence-electron chi connectivity index (χ0n) is 13.7. The molecule has 0 bridgehead atoms. The number of hydrogen-bond acceptors (Lipinski definition) is 6. The van der Waals surface area contributed by atoms with Crippen molar-refractivity contribution in [2.75, 3.05) is 0 Å². The summed E-state index contributed by atoms with van der Waals surface area (Å²) in [5.41, 5.74) is 0.888. The smallest absolute Gasteiger partial charge is 0.261 e. The van der Waals surface area contributed by atoms with E-state index in [0.29, 0.717) is 22.5 Å². The summed E-state index contributed by atoms with van der Waals surface area (Å²) >= 11 is 7.50. The van der Waals surface area contributed by atoms with Gasteiger partial charge in [0.25, 0.3) is 5.91 Å². The van der Waals surface area contributed by atoms with Gasteiger partial charge in [0.05, 0.1) is 11.4 Å². The van der Waals surface area contributed by atoms with Gasteiger partial charge in [0.2, 0.25) is 11.7 Å². The van der Waals surface area contributed by atoms with E-state index in [-0.39, 0.29) is 12.5 Å². The number of thiophene rings is 1. The third-order valence-electron chi connectivity index (χ3n) is 3.43. The third kappa shape index (κ3) is 4.37. The number of carbonyl (C=O) groups excluding carboxylic acids is 1. The fraction of sp³-hybridized carbons (Fsp3) is 0.235.